The maximum Gasteiger partial charge on any atom is 0.329 e. The summed E-state index contributed by atoms with van der Waals surface area (Å²) in [6, 6.07) is 1.02. The molecule has 2 rings (SSSR count). The van der Waals surface area contributed by atoms with Gasteiger partial charge in [-0.05, 0) is 13.0 Å². The van der Waals surface area contributed by atoms with Gasteiger partial charge in [-0.1, -0.05) is 11.6 Å². The Balaban J connectivity index is 2.00. The molecule has 1 aromatic heterocycles. The Bertz CT molecular complexity index is 560. The molecule has 0 aromatic carbocycles. The third-order valence-electron chi connectivity index (χ3n) is 2.92. The van der Waals surface area contributed by atoms with E-state index < -0.39 is 29.9 Å². The Morgan fingerprint density at radius 1 is 1.60 bits per heavy atom. The number of likely N-dealkylation sites (tertiary alicyclic amines) is 1. The summed E-state index contributed by atoms with van der Waals surface area (Å²) in [4.78, 5) is 27.5. The molecule has 1 fully saturated rings. The van der Waals surface area contributed by atoms with Gasteiger partial charge in [-0.2, -0.15) is 0 Å². The maximum absolute atomic E-state index is 13.1. The van der Waals surface area contributed by atoms with Gasteiger partial charge >= 0.3 is 5.97 Å². The molecule has 1 aromatic rings. The Morgan fingerprint density at radius 2 is 2.25 bits per heavy atom. The van der Waals surface area contributed by atoms with Crippen molar-refractivity contribution in [3.8, 4) is 0 Å². The SMILES string of the molecule is CC1(OCC(=O)O)CN(C(=O)c2cc(F)cnc2Cl)C1. The molecule has 0 spiro atoms. The zero-order valence-electron chi connectivity index (χ0n) is 10.6. The number of aliphatic carboxylic acids is 1. The molecule has 0 saturated carbocycles. The average molecular weight is 303 g/mol. The van der Waals surface area contributed by atoms with Gasteiger partial charge in [-0.25, -0.2) is 14.2 Å². The van der Waals surface area contributed by atoms with Gasteiger partial charge in [0.05, 0.1) is 24.8 Å². The van der Waals surface area contributed by atoms with Crippen molar-refractivity contribution in [1.29, 1.82) is 0 Å². The minimum Gasteiger partial charge on any atom is -0.480 e. The second kappa shape index (κ2) is 5.34. The summed E-state index contributed by atoms with van der Waals surface area (Å²) in [5, 5.41) is 8.47. The Morgan fingerprint density at radius 3 is 2.85 bits per heavy atom. The monoisotopic (exact) mass is 302 g/mol. The number of nitrogens with zero attached hydrogens (tertiary/aromatic N) is 2. The number of hydrogen-bond donors (Lipinski definition) is 1. The number of carbonyl (C=O) groups excluding carboxylic acids is 1. The average Bonchev–Trinajstić information content (AvgIpc) is 2.35. The number of rotatable bonds is 4. The Kier molecular flexibility index (Phi) is 3.92. The lowest BCUT2D eigenvalue weighted by atomic mass is 9.95. The van der Waals surface area contributed by atoms with Crippen LogP contribution in [-0.2, 0) is 9.53 Å². The van der Waals surface area contributed by atoms with Crippen molar-refractivity contribution in [3.63, 3.8) is 0 Å². The maximum atomic E-state index is 13.1. The molecule has 6 nitrogen and oxygen atoms in total. The van der Waals surface area contributed by atoms with Crippen LogP contribution in [0.3, 0.4) is 0 Å². The second-order valence-electron chi connectivity index (χ2n) is 4.79. The van der Waals surface area contributed by atoms with E-state index in [2.05, 4.69) is 4.98 Å². The number of carboxylic acid groups (broad SMARTS) is 1. The molecule has 1 N–H and O–H groups in total. The number of halogens is 2. The molecule has 0 atom stereocenters. The molecular formula is C12H12ClFN2O4. The lowest BCUT2D eigenvalue weighted by Gasteiger charge is -2.47. The number of hydrogen-bond acceptors (Lipinski definition) is 4. The topological polar surface area (TPSA) is 79.7 Å². The fourth-order valence-electron chi connectivity index (χ4n) is 1.97. The quantitative estimate of drug-likeness (QED) is 0.845. The van der Waals surface area contributed by atoms with Crippen molar-refractivity contribution in [3.05, 3.63) is 28.8 Å². The fourth-order valence-corrected chi connectivity index (χ4v) is 2.16. The number of carbonyl (C=O) groups is 2. The van der Waals surface area contributed by atoms with E-state index in [0.717, 1.165) is 12.3 Å². The molecule has 8 heteroatoms. The van der Waals surface area contributed by atoms with Gasteiger partial charge in [0.1, 0.15) is 23.2 Å². The van der Waals surface area contributed by atoms with E-state index in [0.29, 0.717) is 0 Å². The van der Waals surface area contributed by atoms with Gasteiger partial charge in [0.25, 0.3) is 5.91 Å². The molecule has 2 heterocycles. The molecule has 1 aliphatic heterocycles. The summed E-state index contributed by atoms with van der Waals surface area (Å²) < 4.78 is 18.3. The van der Waals surface area contributed by atoms with Crippen LogP contribution < -0.4 is 0 Å². The number of aromatic nitrogens is 1. The molecule has 1 amide bonds. The first-order valence-electron chi connectivity index (χ1n) is 5.77. The van der Waals surface area contributed by atoms with Crippen LogP contribution in [0.4, 0.5) is 4.39 Å². The zero-order valence-corrected chi connectivity index (χ0v) is 11.4. The van der Waals surface area contributed by atoms with Gasteiger partial charge in [0.2, 0.25) is 0 Å². The molecule has 1 saturated heterocycles. The highest BCUT2D eigenvalue weighted by atomic mass is 35.5. The normalized spacial score (nSPS) is 16.6. The molecular weight excluding hydrogens is 291 g/mol. The van der Waals surface area contributed by atoms with Gasteiger partial charge in [-0.3, -0.25) is 4.79 Å². The fraction of sp³-hybridized carbons (Fsp3) is 0.417. The van der Waals surface area contributed by atoms with Crippen LogP contribution in [0.2, 0.25) is 5.15 Å². The summed E-state index contributed by atoms with van der Waals surface area (Å²) in [5.41, 5.74) is -0.728. The van der Waals surface area contributed by atoms with Crippen LogP contribution in [-0.4, -0.2) is 52.2 Å². The van der Waals surface area contributed by atoms with Crippen molar-refractivity contribution in [1.82, 2.24) is 9.88 Å². The summed E-state index contributed by atoms with van der Waals surface area (Å²) >= 11 is 5.76. The Labute approximate surface area is 119 Å². The largest absolute Gasteiger partial charge is 0.480 e. The first-order chi connectivity index (χ1) is 9.31. The van der Waals surface area contributed by atoms with Crippen molar-refractivity contribution >= 4 is 23.5 Å². The molecule has 20 heavy (non-hydrogen) atoms. The highest BCUT2D eigenvalue weighted by Gasteiger charge is 2.43. The predicted molar refractivity (Wildman–Crippen MR) is 67.1 cm³/mol. The summed E-state index contributed by atoms with van der Waals surface area (Å²) in [6.45, 7) is 1.70. The second-order valence-corrected chi connectivity index (χ2v) is 5.14. The number of carboxylic acids is 1. The van der Waals surface area contributed by atoms with E-state index in [9.17, 15) is 14.0 Å². The Hall–Kier alpha value is -1.73. The predicted octanol–water partition coefficient (Wildman–Crippen LogP) is 1.19. The van der Waals surface area contributed by atoms with Gasteiger partial charge < -0.3 is 14.7 Å². The van der Waals surface area contributed by atoms with Gasteiger partial charge in [0, 0.05) is 0 Å². The minimum atomic E-state index is -1.08. The summed E-state index contributed by atoms with van der Waals surface area (Å²) in [6.07, 6.45) is 0.926. The standard InChI is InChI=1S/C12H12ClFN2O4/c1-12(20-4-9(17)18)5-16(6-12)11(19)8-2-7(14)3-15-10(8)13/h2-3H,4-6H2,1H3,(H,17,18). The van der Waals surface area contributed by atoms with Crippen LogP contribution in [0.1, 0.15) is 17.3 Å². The first kappa shape index (κ1) is 14.7. The van der Waals surface area contributed by atoms with Crippen LogP contribution in [0, 0.1) is 5.82 Å². The third kappa shape index (κ3) is 3.05. The van der Waals surface area contributed by atoms with E-state index in [4.69, 9.17) is 21.4 Å². The van der Waals surface area contributed by atoms with Crippen LogP contribution in [0.15, 0.2) is 12.3 Å². The highest BCUT2D eigenvalue weighted by Crippen LogP contribution is 2.27. The van der Waals surface area contributed by atoms with Crippen LogP contribution >= 0.6 is 11.6 Å². The molecule has 0 unspecified atom stereocenters. The summed E-state index contributed by atoms with van der Waals surface area (Å²) in [5.74, 6) is -2.19. The third-order valence-corrected chi connectivity index (χ3v) is 3.22. The highest BCUT2D eigenvalue weighted by molar-refractivity contribution is 6.32. The van der Waals surface area contributed by atoms with E-state index in [1.807, 2.05) is 0 Å². The lowest BCUT2D eigenvalue weighted by Crippen LogP contribution is -2.63. The summed E-state index contributed by atoms with van der Waals surface area (Å²) in [7, 11) is 0. The molecule has 1 aliphatic rings. The van der Waals surface area contributed by atoms with E-state index in [1.54, 1.807) is 6.92 Å². The number of pyridine rings is 1. The van der Waals surface area contributed by atoms with Crippen LogP contribution in [0.25, 0.3) is 0 Å². The minimum absolute atomic E-state index is 0.0213. The van der Waals surface area contributed by atoms with Crippen LogP contribution in [0.5, 0.6) is 0 Å². The van der Waals surface area contributed by atoms with Gasteiger partial charge in [0.15, 0.2) is 0 Å². The number of ether oxygens (including phenoxy) is 1. The van der Waals surface area contributed by atoms with Crippen molar-refractivity contribution in [2.75, 3.05) is 19.7 Å². The van der Waals surface area contributed by atoms with E-state index in [1.165, 1.54) is 4.90 Å². The molecule has 0 bridgehead atoms. The first-order valence-corrected chi connectivity index (χ1v) is 6.15. The van der Waals surface area contributed by atoms with Crippen molar-refractivity contribution < 1.29 is 23.8 Å². The van der Waals surface area contributed by atoms with Gasteiger partial charge in [-0.15, -0.1) is 0 Å². The van der Waals surface area contributed by atoms with E-state index >= 15 is 0 Å². The lowest BCUT2D eigenvalue weighted by molar-refractivity contribution is -0.159. The number of amides is 1. The molecule has 108 valence electrons. The zero-order chi connectivity index (χ0) is 14.9. The van der Waals surface area contributed by atoms with Crippen molar-refractivity contribution in [2.45, 2.75) is 12.5 Å². The van der Waals surface area contributed by atoms with E-state index in [-0.39, 0.29) is 23.8 Å². The molecule has 0 aliphatic carbocycles. The van der Waals surface area contributed by atoms with Crippen molar-refractivity contribution in [2.24, 2.45) is 0 Å². The smallest absolute Gasteiger partial charge is 0.329 e. The molecule has 0 radical (unpaired) electrons.